The Balaban J connectivity index is 3.19. The lowest BCUT2D eigenvalue weighted by Crippen LogP contribution is -2.14. The van der Waals surface area contributed by atoms with E-state index in [2.05, 4.69) is 55.1 Å². The predicted octanol–water partition coefficient (Wildman–Crippen LogP) is 2.79. The van der Waals surface area contributed by atoms with Crippen LogP contribution in [0.2, 0.25) is 0 Å². The molecule has 0 N–H and O–H groups in total. The minimum absolute atomic E-state index is 0.266. The van der Waals surface area contributed by atoms with Crippen molar-refractivity contribution in [2.45, 2.75) is 33.1 Å². The summed E-state index contributed by atoms with van der Waals surface area (Å²) in [5.41, 5.74) is 3.09. The van der Waals surface area contributed by atoms with Crippen LogP contribution in [-0.4, -0.2) is 0 Å². The predicted molar refractivity (Wildman–Crippen MR) is 59.2 cm³/mol. The minimum atomic E-state index is 0.266. The summed E-state index contributed by atoms with van der Waals surface area (Å²) in [6.45, 7) is 8.92. The molecule has 0 saturated heterocycles. The van der Waals surface area contributed by atoms with Crippen molar-refractivity contribution < 1.29 is 0 Å². The standard InChI is InChI=1S/C11H17P/c1-8-7-9(12)5-6-10(8)11(2,3)4/h5-7H,12H2,1-4H3. The quantitative estimate of drug-likeness (QED) is 0.538. The van der Waals surface area contributed by atoms with Crippen LogP contribution in [0.3, 0.4) is 0 Å². The minimum Gasteiger partial charge on any atom is -0.106 e. The highest BCUT2D eigenvalue weighted by molar-refractivity contribution is 7.27. The molecule has 0 bridgehead atoms. The van der Waals surface area contributed by atoms with Gasteiger partial charge in [0.1, 0.15) is 0 Å². The van der Waals surface area contributed by atoms with E-state index in [-0.39, 0.29) is 5.41 Å². The van der Waals surface area contributed by atoms with Crippen LogP contribution in [0.25, 0.3) is 0 Å². The maximum atomic E-state index is 2.73. The summed E-state index contributed by atoms with van der Waals surface area (Å²) in [4.78, 5) is 0. The van der Waals surface area contributed by atoms with E-state index in [1.54, 1.807) is 0 Å². The van der Waals surface area contributed by atoms with Crippen LogP contribution in [-0.2, 0) is 5.41 Å². The van der Waals surface area contributed by atoms with E-state index < -0.39 is 0 Å². The molecule has 1 aromatic carbocycles. The molecule has 1 atom stereocenters. The summed E-state index contributed by atoms with van der Waals surface area (Å²) in [6.07, 6.45) is 0. The summed E-state index contributed by atoms with van der Waals surface area (Å²) >= 11 is 0. The summed E-state index contributed by atoms with van der Waals surface area (Å²) in [5.74, 6) is 0. The molecule has 0 aromatic heterocycles. The van der Waals surface area contributed by atoms with Gasteiger partial charge in [-0.15, -0.1) is 9.24 Å². The molecule has 0 aliphatic rings. The fourth-order valence-corrected chi connectivity index (χ4v) is 1.87. The normalized spacial score (nSPS) is 11.8. The van der Waals surface area contributed by atoms with Crippen molar-refractivity contribution in [2.75, 3.05) is 0 Å². The molecule has 1 heteroatoms. The Kier molecular flexibility index (Phi) is 2.58. The molecule has 1 aromatic rings. The summed E-state index contributed by atoms with van der Waals surface area (Å²) < 4.78 is 0. The molecule has 0 amide bonds. The number of aryl methyl sites for hydroxylation is 1. The van der Waals surface area contributed by atoms with Crippen LogP contribution in [0.5, 0.6) is 0 Å². The van der Waals surface area contributed by atoms with Crippen molar-refractivity contribution in [3.8, 4) is 0 Å². The van der Waals surface area contributed by atoms with Crippen LogP contribution in [0.15, 0.2) is 18.2 Å². The lowest BCUT2D eigenvalue weighted by Gasteiger charge is -2.21. The molecule has 0 nitrogen and oxygen atoms in total. The van der Waals surface area contributed by atoms with E-state index >= 15 is 0 Å². The Bertz CT molecular complexity index is 282. The first kappa shape index (κ1) is 9.74. The monoisotopic (exact) mass is 180 g/mol. The third-order valence-electron chi connectivity index (χ3n) is 2.06. The second kappa shape index (κ2) is 3.18. The number of hydrogen-bond donors (Lipinski definition) is 0. The zero-order chi connectivity index (χ0) is 9.35. The fraction of sp³-hybridized carbons (Fsp3) is 0.455. The van der Waals surface area contributed by atoms with Crippen LogP contribution in [0, 0.1) is 6.92 Å². The number of hydrogen-bond acceptors (Lipinski definition) is 0. The highest BCUT2D eigenvalue weighted by Crippen LogP contribution is 2.24. The Morgan fingerprint density at radius 3 is 2.17 bits per heavy atom. The van der Waals surface area contributed by atoms with Crippen molar-refractivity contribution in [1.82, 2.24) is 0 Å². The van der Waals surface area contributed by atoms with E-state index in [1.807, 2.05) is 0 Å². The Labute approximate surface area is 77.6 Å². The van der Waals surface area contributed by atoms with E-state index in [1.165, 1.54) is 16.4 Å². The molecule has 0 spiro atoms. The maximum absolute atomic E-state index is 2.73. The van der Waals surface area contributed by atoms with Gasteiger partial charge in [0.25, 0.3) is 0 Å². The topological polar surface area (TPSA) is 0 Å². The molecule has 0 fully saturated rings. The van der Waals surface area contributed by atoms with Gasteiger partial charge in [0.05, 0.1) is 0 Å². The van der Waals surface area contributed by atoms with E-state index in [9.17, 15) is 0 Å². The van der Waals surface area contributed by atoms with Crippen LogP contribution < -0.4 is 5.30 Å². The third-order valence-corrected chi connectivity index (χ3v) is 2.42. The Morgan fingerprint density at radius 2 is 1.75 bits per heavy atom. The molecule has 0 radical (unpaired) electrons. The zero-order valence-electron chi connectivity index (χ0n) is 8.31. The van der Waals surface area contributed by atoms with Gasteiger partial charge in [-0.2, -0.15) is 0 Å². The molecule has 66 valence electrons. The van der Waals surface area contributed by atoms with Crippen molar-refractivity contribution in [2.24, 2.45) is 0 Å². The highest BCUT2D eigenvalue weighted by Gasteiger charge is 2.15. The average molecular weight is 180 g/mol. The van der Waals surface area contributed by atoms with Crippen LogP contribution in [0.1, 0.15) is 31.9 Å². The number of rotatable bonds is 0. The second-order valence-electron chi connectivity index (χ2n) is 4.32. The van der Waals surface area contributed by atoms with Crippen molar-refractivity contribution in [1.29, 1.82) is 0 Å². The van der Waals surface area contributed by atoms with Gasteiger partial charge in [0.2, 0.25) is 0 Å². The van der Waals surface area contributed by atoms with Gasteiger partial charge in [-0.05, 0) is 28.8 Å². The van der Waals surface area contributed by atoms with Crippen LogP contribution >= 0.6 is 9.24 Å². The largest absolute Gasteiger partial charge is 0.106 e. The van der Waals surface area contributed by atoms with Gasteiger partial charge in [-0.3, -0.25) is 0 Å². The third kappa shape index (κ3) is 2.08. The van der Waals surface area contributed by atoms with Crippen molar-refractivity contribution >= 4 is 14.5 Å². The first-order valence-corrected chi connectivity index (χ1v) is 4.85. The molecule has 1 rings (SSSR count). The molecular weight excluding hydrogens is 163 g/mol. The van der Waals surface area contributed by atoms with Gasteiger partial charge < -0.3 is 0 Å². The zero-order valence-corrected chi connectivity index (χ0v) is 9.46. The first-order valence-electron chi connectivity index (χ1n) is 4.28. The Morgan fingerprint density at radius 1 is 1.17 bits per heavy atom. The SMILES string of the molecule is Cc1cc(P)ccc1C(C)(C)C. The molecule has 0 saturated carbocycles. The van der Waals surface area contributed by atoms with Gasteiger partial charge in [-0.25, -0.2) is 0 Å². The van der Waals surface area contributed by atoms with Crippen LogP contribution in [0.4, 0.5) is 0 Å². The summed E-state index contributed by atoms with van der Waals surface area (Å²) in [7, 11) is 2.73. The molecule has 0 aliphatic heterocycles. The molecule has 0 heterocycles. The summed E-state index contributed by atoms with van der Waals surface area (Å²) in [6, 6.07) is 6.58. The average Bonchev–Trinajstić information content (AvgIpc) is 1.83. The molecule has 0 aliphatic carbocycles. The summed E-state index contributed by atoms with van der Waals surface area (Å²) in [5, 5.41) is 1.26. The maximum Gasteiger partial charge on any atom is -0.0129 e. The van der Waals surface area contributed by atoms with Crippen molar-refractivity contribution in [3.05, 3.63) is 29.3 Å². The Hall–Kier alpha value is -0.350. The lowest BCUT2D eigenvalue weighted by molar-refractivity contribution is 0.586. The molecular formula is C11H17P. The second-order valence-corrected chi connectivity index (χ2v) is 4.99. The van der Waals surface area contributed by atoms with Crippen molar-refractivity contribution in [3.63, 3.8) is 0 Å². The lowest BCUT2D eigenvalue weighted by atomic mass is 9.84. The van der Waals surface area contributed by atoms with Gasteiger partial charge in [0, 0.05) is 0 Å². The molecule has 1 unspecified atom stereocenters. The molecule has 12 heavy (non-hydrogen) atoms. The van der Waals surface area contributed by atoms with Gasteiger partial charge in [0.15, 0.2) is 0 Å². The number of benzene rings is 1. The van der Waals surface area contributed by atoms with Gasteiger partial charge >= 0.3 is 0 Å². The van der Waals surface area contributed by atoms with E-state index in [0.29, 0.717) is 0 Å². The smallest absolute Gasteiger partial charge is 0.0129 e. The van der Waals surface area contributed by atoms with E-state index in [0.717, 1.165) is 0 Å². The van der Waals surface area contributed by atoms with E-state index in [4.69, 9.17) is 0 Å². The highest BCUT2D eigenvalue weighted by atomic mass is 31.0. The first-order chi connectivity index (χ1) is 5.41. The van der Waals surface area contributed by atoms with Gasteiger partial charge in [-0.1, -0.05) is 39.0 Å². The fourth-order valence-electron chi connectivity index (χ4n) is 1.53.